The molecule has 2 atom stereocenters. The van der Waals surface area contributed by atoms with E-state index in [4.69, 9.17) is 11.6 Å². The first-order valence-corrected chi connectivity index (χ1v) is 8.37. The third-order valence-corrected chi connectivity index (χ3v) is 4.88. The Labute approximate surface area is 142 Å². The zero-order valence-electron chi connectivity index (χ0n) is 13.2. The van der Waals surface area contributed by atoms with Crippen LogP contribution in [-0.4, -0.2) is 29.9 Å². The molecule has 1 aliphatic heterocycles. The number of nitrogens with zero attached hydrogens (tertiary/aromatic N) is 1. The summed E-state index contributed by atoms with van der Waals surface area (Å²) in [4.78, 5) is 14.7. The Hall–Kier alpha value is -1.84. The predicted molar refractivity (Wildman–Crippen MR) is 94.9 cm³/mol. The van der Waals surface area contributed by atoms with Crippen molar-refractivity contribution >= 4 is 23.2 Å². The molecule has 0 spiro atoms. The normalized spacial score (nSPS) is 19.5. The topological polar surface area (TPSA) is 32.3 Å². The molecular weight excluding hydrogens is 308 g/mol. The van der Waals surface area contributed by atoms with Crippen LogP contribution in [0.3, 0.4) is 0 Å². The van der Waals surface area contributed by atoms with Crippen molar-refractivity contribution in [3.8, 4) is 0 Å². The van der Waals surface area contributed by atoms with Gasteiger partial charge in [0, 0.05) is 6.54 Å². The van der Waals surface area contributed by atoms with Crippen molar-refractivity contribution in [2.24, 2.45) is 0 Å². The van der Waals surface area contributed by atoms with Crippen LogP contribution in [0, 0.1) is 0 Å². The maximum absolute atomic E-state index is 12.5. The molecule has 0 aliphatic carbocycles. The Morgan fingerprint density at radius 3 is 2.61 bits per heavy atom. The van der Waals surface area contributed by atoms with Gasteiger partial charge in [0.05, 0.1) is 16.8 Å². The van der Waals surface area contributed by atoms with Crippen LogP contribution >= 0.6 is 11.6 Å². The highest BCUT2D eigenvalue weighted by Gasteiger charge is 2.30. The average Bonchev–Trinajstić information content (AvgIpc) is 3.07. The Kier molecular flexibility index (Phi) is 4.99. The number of halogens is 1. The number of benzene rings is 2. The standard InChI is InChI=1S/C19H21ClN2O/c1-14(19(23)21-18-10-6-5-9-17(18)20)22-12-11-16(13-22)15-7-3-2-4-8-15/h2-10,14,16H,11-13H2,1H3,(H,21,23)/t14-,16-/m1/s1. The van der Waals surface area contributed by atoms with E-state index in [2.05, 4.69) is 34.5 Å². The van der Waals surface area contributed by atoms with Crippen LogP contribution in [-0.2, 0) is 4.79 Å². The lowest BCUT2D eigenvalue weighted by Crippen LogP contribution is -2.40. The van der Waals surface area contributed by atoms with Gasteiger partial charge in [0.1, 0.15) is 0 Å². The molecule has 0 saturated carbocycles. The van der Waals surface area contributed by atoms with E-state index >= 15 is 0 Å². The van der Waals surface area contributed by atoms with Crippen molar-refractivity contribution in [3.63, 3.8) is 0 Å². The van der Waals surface area contributed by atoms with Gasteiger partial charge < -0.3 is 5.32 Å². The lowest BCUT2D eigenvalue weighted by molar-refractivity contribution is -0.120. The first-order chi connectivity index (χ1) is 11.1. The summed E-state index contributed by atoms with van der Waals surface area (Å²) in [7, 11) is 0. The van der Waals surface area contributed by atoms with Crippen molar-refractivity contribution in [2.75, 3.05) is 18.4 Å². The maximum atomic E-state index is 12.5. The second-order valence-corrected chi connectivity index (χ2v) is 6.44. The van der Waals surface area contributed by atoms with Crippen LogP contribution in [0.5, 0.6) is 0 Å². The molecule has 1 amide bonds. The number of nitrogens with one attached hydrogen (secondary N) is 1. The monoisotopic (exact) mass is 328 g/mol. The van der Waals surface area contributed by atoms with Crippen molar-refractivity contribution in [1.29, 1.82) is 0 Å². The molecule has 4 heteroatoms. The first kappa shape index (κ1) is 16.0. The van der Waals surface area contributed by atoms with Gasteiger partial charge >= 0.3 is 0 Å². The number of para-hydroxylation sites is 1. The summed E-state index contributed by atoms with van der Waals surface area (Å²) in [5.74, 6) is 0.499. The minimum Gasteiger partial charge on any atom is -0.323 e. The highest BCUT2D eigenvalue weighted by molar-refractivity contribution is 6.33. The molecule has 23 heavy (non-hydrogen) atoms. The molecule has 0 radical (unpaired) electrons. The number of carbonyl (C=O) groups excluding carboxylic acids is 1. The summed E-state index contributed by atoms with van der Waals surface area (Å²) < 4.78 is 0. The molecule has 3 nitrogen and oxygen atoms in total. The zero-order chi connectivity index (χ0) is 16.2. The number of carbonyl (C=O) groups is 1. The minimum absolute atomic E-state index is 0.00758. The molecule has 2 aromatic carbocycles. The van der Waals surface area contributed by atoms with E-state index in [1.165, 1.54) is 5.56 Å². The van der Waals surface area contributed by atoms with Crippen LogP contribution < -0.4 is 5.32 Å². The molecule has 1 aliphatic rings. The van der Waals surface area contributed by atoms with Crippen molar-refractivity contribution in [3.05, 3.63) is 65.2 Å². The second kappa shape index (κ2) is 7.16. The Morgan fingerprint density at radius 2 is 1.87 bits per heavy atom. The number of rotatable bonds is 4. The Balaban J connectivity index is 1.61. The Bertz CT molecular complexity index is 674. The third kappa shape index (κ3) is 3.74. The lowest BCUT2D eigenvalue weighted by Gasteiger charge is -2.23. The molecule has 120 valence electrons. The van der Waals surface area contributed by atoms with Gasteiger partial charge in [0.25, 0.3) is 0 Å². The van der Waals surface area contributed by atoms with Gasteiger partial charge in [-0.05, 0) is 43.5 Å². The molecule has 2 aromatic rings. The number of anilines is 1. The van der Waals surface area contributed by atoms with Gasteiger partial charge in [-0.25, -0.2) is 0 Å². The highest BCUT2D eigenvalue weighted by atomic mass is 35.5. The first-order valence-electron chi connectivity index (χ1n) is 7.99. The van der Waals surface area contributed by atoms with E-state index in [-0.39, 0.29) is 11.9 Å². The van der Waals surface area contributed by atoms with Gasteiger partial charge in [-0.15, -0.1) is 0 Å². The van der Waals surface area contributed by atoms with Crippen LogP contribution in [0.4, 0.5) is 5.69 Å². The van der Waals surface area contributed by atoms with Crippen molar-refractivity contribution in [2.45, 2.75) is 25.3 Å². The smallest absolute Gasteiger partial charge is 0.241 e. The molecule has 1 fully saturated rings. The summed E-state index contributed by atoms with van der Waals surface area (Å²) in [6.45, 7) is 3.82. The van der Waals surface area contributed by atoms with Gasteiger partial charge in [0.15, 0.2) is 0 Å². The zero-order valence-corrected chi connectivity index (χ0v) is 14.0. The summed E-state index contributed by atoms with van der Waals surface area (Å²) in [6, 6.07) is 17.7. The molecule has 0 bridgehead atoms. The van der Waals surface area contributed by atoms with Crippen molar-refractivity contribution < 1.29 is 4.79 Å². The van der Waals surface area contributed by atoms with Crippen LogP contribution in [0.1, 0.15) is 24.8 Å². The molecule has 1 N–H and O–H groups in total. The van der Waals surface area contributed by atoms with E-state index in [1.807, 2.05) is 31.2 Å². The van der Waals surface area contributed by atoms with Crippen LogP contribution in [0.25, 0.3) is 0 Å². The lowest BCUT2D eigenvalue weighted by atomic mass is 9.99. The second-order valence-electron chi connectivity index (χ2n) is 6.04. The number of likely N-dealkylation sites (tertiary alicyclic amines) is 1. The molecule has 3 rings (SSSR count). The highest BCUT2D eigenvalue weighted by Crippen LogP contribution is 2.28. The fourth-order valence-corrected chi connectivity index (χ4v) is 3.28. The number of hydrogen-bond acceptors (Lipinski definition) is 2. The van der Waals surface area contributed by atoms with Gasteiger partial charge in [-0.1, -0.05) is 54.1 Å². The molecular formula is C19H21ClN2O. The molecule has 0 unspecified atom stereocenters. The van der Waals surface area contributed by atoms with Gasteiger partial charge in [-0.3, -0.25) is 9.69 Å². The van der Waals surface area contributed by atoms with E-state index in [9.17, 15) is 4.79 Å². The molecule has 1 saturated heterocycles. The van der Waals surface area contributed by atoms with E-state index in [0.717, 1.165) is 19.5 Å². The van der Waals surface area contributed by atoms with Crippen LogP contribution in [0.15, 0.2) is 54.6 Å². The molecule has 0 aromatic heterocycles. The third-order valence-electron chi connectivity index (χ3n) is 4.55. The van der Waals surface area contributed by atoms with E-state index in [1.54, 1.807) is 6.07 Å². The van der Waals surface area contributed by atoms with E-state index in [0.29, 0.717) is 16.6 Å². The van der Waals surface area contributed by atoms with Gasteiger partial charge in [-0.2, -0.15) is 0 Å². The average molecular weight is 329 g/mol. The number of amides is 1. The fourth-order valence-electron chi connectivity index (χ4n) is 3.10. The predicted octanol–water partition coefficient (Wildman–Crippen LogP) is 4.16. The van der Waals surface area contributed by atoms with E-state index < -0.39 is 0 Å². The number of hydrogen-bond donors (Lipinski definition) is 1. The quantitative estimate of drug-likeness (QED) is 0.914. The Morgan fingerprint density at radius 1 is 1.17 bits per heavy atom. The fraction of sp³-hybridized carbons (Fsp3) is 0.316. The maximum Gasteiger partial charge on any atom is 0.241 e. The SMILES string of the molecule is C[C@H](C(=O)Nc1ccccc1Cl)N1CC[C@@H](c2ccccc2)C1. The van der Waals surface area contributed by atoms with Crippen LogP contribution in [0.2, 0.25) is 5.02 Å². The summed E-state index contributed by atoms with van der Waals surface area (Å²) >= 11 is 6.11. The van der Waals surface area contributed by atoms with Crippen molar-refractivity contribution in [1.82, 2.24) is 4.90 Å². The summed E-state index contributed by atoms with van der Waals surface area (Å²) in [6.07, 6.45) is 1.09. The van der Waals surface area contributed by atoms with Gasteiger partial charge in [0.2, 0.25) is 5.91 Å². The minimum atomic E-state index is -0.167. The summed E-state index contributed by atoms with van der Waals surface area (Å²) in [5, 5.41) is 3.50. The molecule has 1 heterocycles. The summed E-state index contributed by atoms with van der Waals surface area (Å²) in [5.41, 5.74) is 2.03. The largest absolute Gasteiger partial charge is 0.323 e.